The number of fused-ring (bicyclic) bond motifs is 1. The molecule has 5 nitrogen and oxygen atoms in total. The maximum Gasteiger partial charge on any atom is 0.337 e. The molecule has 0 aliphatic rings. The molecule has 0 radical (unpaired) electrons. The van der Waals surface area contributed by atoms with E-state index in [2.05, 4.69) is 11.4 Å². The first-order valence-corrected chi connectivity index (χ1v) is 9.25. The van der Waals surface area contributed by atoms with Gasteiger partial charge in [0.25, 0.3) is 5.91 Å². The fourth-order valence-corrected chi connectivity index (χ4v) is 3.80. The van der Waals surface area contributed by atoms with Gasteiger partial charge in [0, 0.05) is 22.0 Å². The van der Waals surface area contributed by atoms with Gasteiger partial charge >= 0.3 is 5.97 Å². The predicted molar refractivity (Wildman–Crippen MR) is 107 cm³/mol. The second-order valence-electron chi connectivity index (χ2n) is 6.07. The molecule has 134 valence electrons. The monoisotopic (exact) mass is 376 g/mol. The van der Waals surface area contributed by atoms with Crippen molar-refractivity contribution >= 4 is 39.8 Å². The molecule has 27 heavy (non-hydrogen) atoms. The standard InChI is InChI=1S/C21H16N2O3S/c24-20(22-18-9-3-1-8-16(18)21(25)26)17-13-23(12-14-6-5-11-27-14)19-10-4-2-7-15(17)19/h1-11,13H,12H2,(H,22,24)(H,25,26). The number of carbonyl (C=O) groups is 2. The smallest absolute Gasteiger partial charge is 0.337 e. The molecule has 2 aromatic carbocycles. The number of hydrogen-bond acceptors (Lipinski definition) is 3. The summed E-state index contributed by atoms with van der Waals surface area (Å²) in [7, 11) is 0. The fourth-order valence-electron chi connectivity index (χ4n) is 3.10. The Hall–Kier alpha value is -3.38. The Balaban J connectivity index is 1.71. The number of nitrogens with zero attached hydrogens (tertiary/aromatic N) is 1. The first-order valence-electron chi connectivity index (χ1n) is 8.37. The predicted octanol–water partition coefficient (Wildman–Crippen LogP) is 4.70. The Morgan fingerprint density at radius 3 is 2.52 bits per heavy atom. The van der Waals surface area contributed by atoms with Crippen molar-refractivity contribution in [3.63, 3.8) is 0 Å². The summed E-state index contributed by atoms with van der Waals surface area (Å²) < 4.78 is 2.04. The quantitative estimate of drug-likeness (QED) is 0.530. The second-order valence-corrected chi connectivity index (χ2v) is 7.10. The summed E-state index contributed by atoms with van der Waals surface area (Å²) in [6.45, 7) is 0.678. The van der Waals surface area contributed by atoms with Gasteiger partial charge in [-0.3, -0.25) is 4.79 Å². The number of hydrogen-bond donors (Lipinski definition) is 2. The number of para-hydroxylation sites is 2. The van der Waals surface area contributed by atoms with Crippen LogP contribution in [0.15, 0.2) is 72.2 Å². The van der Waals surface area contributed by atoms with E-state index in [4.69, 9.17) is 0 Å². The van der Waals surface area contributed by atoms with Crippen LogP contribution in [0.5, 0.6) is 0 Å². The maximum absolute atomic E-state index is 12.9. The van der Waals surface area contributed by atoms with E-state index >= 15 is 0 Å². The van der Waals surface area contributed by atoms with Gasteiger partial charge in [-0.05, 0) is 29.6 Å². The van der Waals surface area contributed by atoms with Crippen molar-refractivity contribution in [3.8, 4) is 0 Å². The molecule has 2 heterocycles. The lowest BCUT2D eigenvalue weighted by atomic mass is 10.1. The molecule has 0 spiro atoms. The Kier molecular flexibility index (Phi) is 4.48. The van der Waals surface area contributed by atoms with Crippen LogP contribution >= 0.6 is 11.3 Å². The molecule has 0 unspecified atom stereocenters. The van der Waals surface area contributed by atoms with E-state index in [1.54, 1.807) is 29.5 Å². The number of aromatic carboxylic acids is 1. The summed E-state index contributed by atoms with van der Waals surface area (Å²) in [5, 5.41) is 14.9. The SMILES string of the molecule is O=C(O)c1ccccc1NC(=O)c1cn(Cc2cccs2)c2ccccc12. The van der Waals surface area contributed by atoms with Crippen molar-refractivity contribution in [2.24, 2.45) is 0 Å². The normalized spacial score (nSPS) is 10.8. The van der Waals surface area contributed by atoms with Crippen molar-refractivity contribution < 1.29 is 14.7 Å². The zero-order chi connectivity index (χ0) is 18.8. The Bertz CT molecular complexity index is 1130. The summed E-state index contributed by atoms with van der Waals surface area (Å²) in [6.07, 6.45) is 1.82. The topological polar surface area (TPSA) is 71.3 Å². The average molecular weight is 376 g/mol. The summed E-state index contributed by atoms with van der Waals surface area (Å²) >= 11 is 1.67. The minimum atomic E-state index is -1.08. The summed E-state index contributed by atoms with van der Waals surface area (Å²) in [5.41, 5.74) is 1.82. The molecule has 2 N–H and O–H groups in total. The van der Waals surface area contributed by atoms with Crippen LogP contribution in [0.2, 0.25) is 0 Å². The number of rotatable bonds is 5. The molecule has 1 amide bonds. The summed E-state index contributed by atoms with van der Waals surface area (Å²) in [6, 6.07) is 18.2. The lowest BCUT2D eigenvalue weighted by Crippen LogP contribution is -2.14. The van der Waals surface area contributed by atoms with Crippen LogP contribution in [0.1, 0.15) is 25.6 Å². The molecule has 2 aromatic heterocycles. The number of aromatic nitrogens is 1. The molecule has 0 saturated carbocycles. The van der Waals surface area contributed by atoms with Crippen LogP contribution in [0.25, 0.3) is 10.9 Å². The van der Waals surface area contributed by atoms with Crippen molar-refractivity contribution in [1.29, 1.82) is 0 Å². The van der Waals surface area contributed by atoms with Crippen molar-refractivity contribution in [3.05, 3.63) is 88.2 Å². The zero-order valence-corrected chi connectivity index (χ0v) is 15.1. The van der Waals surface area contributed by atoms with Crippen LogP contribution in [-0.4, -0.2) is 21.6 Å². The van der Waals surface area contributed by atoms with E-state index in [0.717, 1.165) is 10.9 Å². The molecule has 0 bridgehead atoms. The first kappa shape index (κ1) is 17.1. The molecule has 4 aromatic rings. The summed E-state index contributed by atoms with van der Waals surface area (Å²) in [5.74, 6) is -1.41. The fraction of sp³-hybridized carbons (Fsp3) is 0.0476. The van der Waals surface area contributed by atoms with Gasteiger partial charge < -0.3 is 15.0 Å². The highest BCUT2D eigenvalue weighted by Gasteiger charge is 2.18. The molecule has 0 aliphatic heterocycles. The molecule has 0 aliphatic carbocycles. The number of thiophene rings is 1. The maximum atomic E-state index is 12.9. The number of anilines is 1. The highest BCUT2D eigenvalue weighted by molar-refractivity contribution is 7.09. The number of benzene rings is 2. The molecular formula is C21H16N2O3S. The van der Waals surface area contributed by atoms with Gasteiger partial charge in [0.15, 0.2) is 0 Å². The molecule has 0 fully saturated rings. The highest BCUT2D eigenvalue weighted by atomic mass is 32.1. The Morgan fingerprint density at radius 1 is 0.963 bits per heavy atom. The lowest BCUT2D eigenvalue weighted by molar-refractivity contribution is 0.0698. The number of amides is 1. The average Bonchev–Trinajstić information content (AvgIpc) is 3.31. The Labute approximate surface area is 159 Å². The van der Waals surface area contributed by atoms with Gasteiger partial charge in [-0.1, -0.05) is 36.4 Å². The van der Waals surface area contributed by atoms with Crippen molar-refractivity contribution in [1.82, 2.24) is 4.57 Å². The zero-order valence-electron chi connectivity index (χ0n) is 14.3. The molecule has 0 atom stereocenters. The van der Waals surface area contributed by atoms with E-state index in [9.17, 15) is 14.7 Å². The van der Waals surface area contributed by atoms with Gasteiger partial charge in [-0.2, -0.15) is 0 Å². The Morgan fingerprint density at radius 2 is 1.74 bits per heavy atom. The van der Waals surface area contributed by atoms with E-state index in [1.807, 2.05) is 46.5 Å². The largest absolute Gasteiger partial charge is 0.478 e. The minimum Gasteiger partial charge on any atom is -0.478 e. The van der Waals surface area contributed by atoms with Crippen LogP contribution in [-0.2, 0) is 6.54 Å². The first-order chi connectivity index (χ1) is 13.1. The number of carboxylic acid groups (broad SMARTS) is 1. The third kappa shape index (κ3) is 3.35. The van der Waals surface area contributed by atoms with Gasteiger partial charge in [0.2, 0.25) is 0 Å². The highest BCUT2D eigenvalue weighted by Crippen LogP contribution is 2.25. The van der Waals surface area contributed by atoms with Gasteiger partial charge in [0.05, 0.1) is 23.4 Å². The molecule has 4 rings (SSSR count). The van der Waals surface area contributed by atoms with Gasteiger partial charge in [-0.15, -0.1) is 11.3 Å². The van der Waals surface area contributed by atoms with E-state index in [0.29, 0.717) is 12.1 Å². The summed E-state index contributed by atoms with van der Waals surface area (Å²) in [4.78, 5) is 25.5. The van der Waals surface area contributed by atoms with Crippen LogP contribution in [0.3, 0.4) is 0 Å². The third-order valence-corrected chi connectivity index (χ3v) is 5.21. The van der Waals surface area contributed by atoms with Crippen molar-refractivity contribution in [2.75, 3.05) is 5.32 Å². The second kappa shape index (κ2) is 7.09. The van der Waals surface area contributed by atoms with Crippen LogP contribution in [0, 0.1) is 0 Å². The molecule has 6 heteroatoms. The van der Waals surface area contributed by atoms with Crippen molar-refractivity contribution in [2.45, 2.75) is 6.54 Å². The number of carbonyl (C=O) groups excluding carboxylic acids is 1. The van der Waals surface area contributed by atoms with Crippen LogP contribution in [0.4, 0.5) is 5.69 Å². The lowest BCUT2D eigenvalue weighted by Gasteiger charge is -2.07. The van der Waals surface area contributed by atoms with E-state index in [-0.39, 0.29) is 17.2 Å². The molecular weight excluding hydrogens is 360 g/mol. The number of carboxylic acids is 1. The third-order valence-electron chi connectivity index (χ3n) is 4.35. The van der Waals surface area contributed by atoms with Crippen LogP contribution < -0.4 is 5.32 Å². The van der Waals surface area contributed by atoms with E-state index in [1.165, 1.54) is 10.9 Å². The van der Waals surface area contributed by atoms with Gasteiger partial charge in [0.1, 0.15) is 0 Å². The van der Waals surface area contributed by atoms with E-state index < -0.39 is 5.97 Å². The number of nitrogens with one attached hydrogen (secondary N) is 1. The molecule has 0 saturated heterocycles. The minimum absolute atomic E-state index is 0.0631. The van der Waals surface area contributed by atoms with Gasteiger partial charge in [-0.25, -0.2) is 4.79 Å².